The number of nitrogens with one attached hydrogen (secondary N) is 1. The van der Waals surface area contributed by atoms with E-state index in [1.807, 2.05) is 6.07 Å². The quantitative estimate of drug-likeness (QED) is 0.842. The summed E-state index contributed by atoms with van der Waals surface area (Å²) in [6.07, 6.45) is 6.39. The van der Waals surface area contributed by atoms with Crippen LogP contribution in [0.15, 0.2) is 23.0 Å². The van der Waals surface area contributed by atoms with Gasteiger partial charge in [-0.15, -0.1) is 0 Å². The minimum Gasteiger partial charge on any atom is -0.497 e. The third-order valence-corrected chi connectivity index (χ3v) is 6.98. The van der Waals surface area contributed by atoms with E-state index in [-0.39, 0.29) is 11.0 Å². The highest BCUT2D eigenvalue weighted by Gasteiger charge is 2.44. The fourth-order valence-electron chi connectivity index (χ4n) is 5.06. The molecule has 5 rings (SSSR count). The molecule has 2 heterocycles. The highest BCUT2D eigenvalue weighted by atomic mass is 16.5. The summed E-state index contributed by atoms with van der Waals surface area (Å²) in [6, 6.07) is 6.08. The molecular formula is C23H29N3O3. The third kappa shape index (κ3) is 3.44. The average molecular weight is 396 g/mol. The SMILES string of the molecule is COc1cc(CN2CCC3(CCc4c3nc(C3CC3)[nH]c4=O)CC2)cc(OC)c1. The van der Waals surface area contributed by atoms with Crippen LogP contribution >= 0.6 is 0 Å². The molecule has 0 radical (unpaired) electrons. The van der Waals surface area contributed by atoms with Gasteiger partial charge in [0.05, 0.1) is 19.9 Å². The first-order chi connectivity index (χ1) is 14.1. The molecule has 29 heavy (non-hydrogen) atoms. The van der Waals surface area contributed by atoms with Crippen LogP contribution in [0.25, 0.3) is 0 Å². The van der Waals surface area contributed by atoms with Gasteiger partial charge in [-0.05, 0) is 69.3 Å². The third-order valence-electron chi connectivity index (χ3n) is 6.98. The Hall–Kier alpha value is -2.34. The first-order valence-corrected chi connectivity index (χ1v) is 10.7. The minimum atomic E-state index is 0.0931. The molecule has 2 aliphatic carbocycles. The molecule has 2 aromatic rings. The van der Waals surface area contributed by atoms with Crippen molar-refractivity contribution >= 4 is 0 Å². The molecule has 0 bridgehead atoms. The molecule has 1 spiro atoms. The highest BCUT2D eigenvalue weighted by Crippen LogP contribution is 2.46. The Balaban J connectivity index is 1.32. The number of benzene rings is 1. The molecule has 154 valence electrons. The van der Waals surface area contributed by atoms with E-state index in [2.05, 4.69) is 22.0 Å². The van der Waals surface area contributed by atoms with Crippen LogP contribution in [0.2, 0.25) is 0 Å². The zero-order valence-corrected chi connectivity index (χ0v) is 17.3. The fourth-order valence-corrected chi connectivity index (χ4v) is 5.06. The number of rotatable bonds is 5. The molecular weight excluding hydrogens is 366 g/mol. The van der Waals surface area contributed by atoms with Gasteiger partial charge in [0.1, 0.15) is 17.3 Å². The predicted molar refractivity (Wildman–Crippen MR) is 111 cm³/mol. The van der Waals surface area contributed by atoms with E-state index in [0.717, 1.165) is 86.7 Å². The molecule has 6 heteroatoms. The monoisotopic (exact) mass is 395 g/mol. The fraction of sp³-hybridized carbons (Fsp3) is 0.565. The van der Waals surface area contributed by atoms with Crippen molar-refractivity contribution in [1.29, 1.82) is 0 Å². The van der Waals surface area contributed by atoms with E-state index in [0.29, 0.717) is 5.92 Å². The standard InChI is InChI=1S/C23H29N3O3/c1-28-17-11-15(12-18(13-17)29-2)14-26-9-7-23(8-10-26)6-5-19-20(23)24-21(16-3-4-16)25-22(19)27/h11-13,16H,3-10,14H2,1-2H3,(H,24,25,27). The van der Waals surface area contributed by atoms with Gasteiger partial charge < -0.3 is 14.5 Å². The number of methoxy groups -OCH3 is 2. The Bertz CT molecular complexity index is 950. The zero-order valence-electron chi connectivity index (χ0n) is 17.3. The Labute approximate surface area is 171 Å². The minimum absolute atomic E-state index is 0.0931. The van der Waals surface area contributed by atoms with Gasteiger partial charge in [0.15, 0.2) is 0 Å². The second kappa shape index (κ2) is 7.17. The van der Waals surface area contributed by atoms with Crippen molar-refractivity contribution in [2.75, 3.05) is 27.3 Å². The lowest BCUT2D eigenvalue weighted by molar-refractivity contribution is 0.149. The van der Waals surface area contributed by atoms with Crippen molar-refractivity contribution in [3.63, 3.8) is 0 Å². The van der Waals surface area contributed by atoms with Crippen LogP contribution in [0.3, 0.4) is 0 Å². The number of aromatic amines is 1. The van der Waals surface area contributed by atoms with E-state index in [1.54, 1.807) is 14.2 Å². The van der Waals surface area contributed by atoms with Gasteiger partial charge in [-0.25, -0.2) is 4.98 Å². The summed E-state index contributed by atoms with van der Waals surface area (Å²) in [5.74, 6) is 3.07. The first kappa shape index (κ1) is 18.7. The van der Waals surface area contributed by atoms with Crippen LogP contribution in [-0.2, 0) is 18.4 Å². The highest BCUT2D eigenvalue weighted by molar-refractivity contribution is 5.39. The summed E-state index contributed by atoms with van der Waals surface area (Å²) in [5, 5.41) is 0. The molecule has 1 aromatic heterocycles. The molecule has 3 aliphatic rings. The number of H-pyrrole nitrogens is 1. The van der Waals surface area contributed by atoms with Crippen LogP contribution < -0.4 is 15.0 Å². The van der Waals surface area contributed by atoms with E-state index < -0.39 is 0 Å². The van der Waals surface area contributed by atoms with Gasteiger partial charge in [-0.3, -0.25) is 9.69 Å². The summed E-state index contributed by atoms with van der Waals surface area (Å²) in [4.78, 5) is 23.1. The molecule has 0 atom stereocenters. The largest absolute Gasteiger partial charge is 0.497 e. The van der Waals surface area contributed by atoms with Crippen LogP contribution in [0, 0.1) is 0 Å². The van der Waals surface area contributed by atoms with Crippen molar-refractivity contribution in [3.05, 3.63) is 51.2 Å². The van der Waals surface area contributed by atoms with Gasteiger partial charge in [0.2, 0.25) is 0 Å². The number of hydrogen-bond acceptors (Lipinski definition) is 5. The molecule has 6 nitrogen and oxygen atoms in total. The van der Waals surface area contributed by atoms with Crippen LogP contribution in [0.4, 0.5) is 0 Å². The number of fused-ring (bicyclic) bond motifs is 2. The molecule has 2 fully saturated rings. The number of piperidine rings is 1. The van der Waals surface area contributed by atoms with Crippen molar-refractivity contribution < 1.29 is 9.47 Å². The van der Waals surface area contributed by atoms with Crippen molar-refractivity contribution in [2.45, 2.75) is 56.4 Å². The van der Waals surface area contributed by atoms with Crippen LogP contribution in [-0.4, -0.2) is 42.2 Å². The zero-order chi connectivity index (χ0) is 20.0. The normalized spacial score (nSPS) is 20.6. The Kier molecular flexibility index (Phi) is 4.62. The number of likely N-dealkylation sites (tertiary alicyclic amines) is 1. The molecule has 1 saturated heterocycles. The Morgan fingerprint density at radius 2 is 1.79 bits per heavy atom. The second-order valence-corrected chi connectivity index (χ2v) is 8.83. The molecule has 0 unspecified atom stereocenters. The van der Waals surface area contributed by atoms with E-state index in [1.165, 1.54) is 5.56 Å². The lowest BCUT2D eigenvalue weighted by Crippen LogP contribution is -2.42. The van der Waals surface area contributed by atoms with Gasteiger partial charge >= 0.3 is 0 Å². The lowest BCUT2D eigenvalue weighted by atomic mass is 9.76. The first-order valence-electron chi connectivity index (χ1n) is 10.7. The van der Waals surface area contributed by atoms with Gasteiger partial charge in [0.25, 0.3) is 5.56 Å². The number of nitrogens with zero attached hydrogens (tertiary/aromatic N) is 2. The van der Waals surface area contributed by atoms with Crippen molar-refractivity contribution in [3.8, 4) is 11.5 Å². The van der Waals surface area contributed by atoms with Crippen LogP contribution in [0.1, 0.15) is 60.7 Å². The number of ether oxygens (including phenoxy) is 2. The topological polar surface area (TPSA) is 67.5 Å². The second-order valence-electron chi connectivity index (χ2n) is 8.83. The summed E-state index contributed by atoms with van der Waals surface area (Å²) < 4.78 is 10.8. The summed E-state index contributed by atoms with van der Waals surface area (Å²) in [5.41, 5.74) is 3.47. The van der Waals surface area contributed by atoms with Crippen molar-refractivity contribution in [1.82, 2.24) is 14.9 Å². The molecule has 1 aliphatic heterocycles. The van der Waals surface area contributed by atoms with E-state index in [9.17, 15) is 4.79 Å². The summed E-state index contributed by atoms with van der Waals surface area (Å²) in [6.45, 7) is 2.92. The summed E-state index contributed by atoms with van der Waals surface area (Å²) >= 11 is 0. The smallest absolute Gasteiger partial charge is 0.254 e. The maximum absolute atomic E-state index is 12.6. The van der Waals surface area contributed by atoms with Gasteiger partial charge in [0, 0.05) is 29.5 Å². The van der Waals surface area contributed by atoms with Gasteiger partial charge in [-0.1, -0.05) is 0 Å². The predicted octanol–water partition coefficient (Wildman–Crippen LogP) is 3.14. The Morgan fingerprint density at radius 3 is 2.41 bits per heavy atom. The lowest BCUT2D eigenvalue weighted by Gasteiger charge is -2.39. The van der Waals surface area contributed by atoms with Crippen LogP contribution in [0.5, 0.6) is 11.5 Å². The van der Waals surface area contributed by atoms with Crippen molar-refractivity contribution in [2.24, 2.45) is 0 Å². The molecule has 0 amide bonds. The van der Waals surface area contributed by atoms with Gasteiger partial charge in [-0.2, -0.15) is 0 Å². The average Bonchev–Trinajstić information content (AvgIpc) is 3.53. The maximum atomic E-state index is 12.6. The number of hydrogen-bond donors (Lipinski definition) is 1. The number of aromatic nitrogens is 2. The molecule has 1 saturated carbocycles. The van der Waals surface area contributed by atoms with E-state index >= 15 is 0 Å². The molecule has 1 N–H and O–H groups in total. The molecule has 1 aromatic carbocycles. The van der Waals surface area contributed by atoms with E-state index in [4.69, 9.17) is 14.5 Å². The maximum Gasteiger partial charge on any atom is 0.254 e. The Morgan fingerprint density at radius 1 is 1.10 bits per heavy atom. The summed E-state index contributed by atoms with van der Waals surface area (Å²) in [7, 11) is 3.37.